The third-order valence-corrected chi connectivity index (χ3v) is 4.53. The molecule has 3 aromatic heterocycles. The Kier molecular flexibility index (Phi) is 2.94. The Balaban J connectivity index is 1.92. The highest BCUT2D eigenvalue weighted by Gasteiger charge is 2.16. The third-order valence-electron chi connectivity index (χ3n) is 3.70. The van der Waals surface area contributed by atoms with Crippen LogP contribution in [0.3, 0.4) is 0 Å². The molecule has 108 valence electrons. The summed E-state index contributed by atoms with van der Waals surface area (Å²) in [4.78, 5) is 9.62. The van der Waals surface area contributed by atoms with Crippen molar-refractivity contribution >= 4 is 22.1 Å². The number of anilines is 1. The maximum atomic E-state index is 6.37. The van der Waals surface area contributed by atoms with Crippen molar-refractivity contribution in [1.82, 2.24) is 14.4 Å². The van der Waals surface area contributed by atoms with Gasteiger partial charge in [0.15, 0.2) is 4.96 Å². The van der Waals surface area contributed by atoms with Crippen LogP contribution in [-0.2, 0) is 0 Å². The molecule has 2 N–H and O–H groups in total. The molecule has 0 saturated heterocycles. The summed E-state index contributed by atoms with van der Waals surface area (Å²) in [5.74, 6) is 0.665. The van der Waals surface area contributed by atoms with E-state index in [-0.39, 0.29) is 0 Å². The Morgan fingerprint density at radius 3 is 2.45 bits per heavy atom. The molecule has 0 aliphatic carbocycles. The highest BCUT2D eigenvalue weighted by atomic mass is 32.1. The van der Waals surface area contributed by atoms with Gasteiger partial charge in [0, 0.05) is 23.3 Å². The van der Waals surface area contributed by atoms with Gasteiger partial charge in [0.25, 0.3) is 0 Å². The van der Waals surface area contributed by atoms with Crippen LogP contribution in [-0.4, -0.2) is 14.4 Å². The fourth-order valence-corrected chi connectivity index (χ4v) is 3.43. The van der Waals surface area contributed by atoms with Gasteiger partial charge < -0.3 is 5.73 Å². The Labute approximate surface area is 131 Å². The van der Waals surface area contributed by atoms with Gasteiger partial charge in [-0.05, 0) is 24.6 Å². The standard InChI is InChI=1S/C17H14N4S/c1-11-2-4-12(5-3-11)14-10-22-17-20-15(16(18)21(14)17)13-6-8-19-9-7-13/h2-10H,18H2,1H3. The van der Waals surface area contributed by atoms with Gasteiger partial charge in [0.1, 0.15) is 11.5 Å². The number of nitrogen functional groups attached to an aromatic ring is 1. The third kappa shape index (κ3) is 1.98. The fourth-order valence-electron chi connectivity index (χ4n) is 2.53. The zero-order chi connectivity index (χ0) is 15.1. The van der Waals surface area contributed by atoms with Crippen LogP contribution in [0.5, 0.6) is 0 Å². The number of aromatic nitrogens is 3. The largest absolute Gasteiger partial charge is 0.383 e. The molecule has 1 aromatic carbocycles. The summed E-state index contributed by atoms with van der Waals surface area (Å²) in [6.07, 6.45) is 3.51. The normalized spacial score (nSPS) is 11.1. The van der Waals surface area contributed by atoms with Gasteiger partial charge in [0.05, 0.1) is 5.69 Å². The highest BCUT2D eigenvalue weighted by Crippen LogP contribution is 2.34. The molecule has 0 aliphatic heterocycles. The molecule has 0 spiro atoms. The number of rotatable bonds is 2. The van der Waals surface area contributed by atoms with E-state index in [1.807, 2.05) is 16.5 Å². The second kappa shape index (κ2) is 4.96. The van der Waals surface area contributed by atoms with Crippen molar-refractivity contribution in [3.63, 3.8) is 0 Å². The molecule has 0 aliphatic rings. The molecule has 0 amide bonds. The maximum absolute atomic E-state index is 6.37. The number of fused-ring (bicyclic) bond motifs is 1. The summed E-state index contributed by atoms with van der Waals surface area (Å²) in [6.45, 7) is 2.08. The van der Waals surface area contributed by atoms with E-state index in [1.165, 1.54) is 5.56 Å². The van der Waals surface area contributed by atoms with Crippen molar-refractivity contribution in [2.75, 3.05) is 5.73 Å². The summed E-state index contributed by atoms with van der Waals surface area (Å²) < 4.78 is 2.02. The monoisotopic (exact) mass is 306 g/mol. The minimum Gasteiger partial charge on any atom is -0.383 e. The predicted molar refractivity (Wildman–Crippen MR) is 90.9 cm³/mol. The van der Waals surface area contributed by atoms with Crippen LogP contribution in [0.1, 0.15) is 5.56 Å². The number of pyridine rings is 1. The molecular formula is C17H14N4S. The van der Waals surface area contributed by atoms with E-state index in [0.717, 1.165) is 27.5 Å². The van der Waals surface area contributed by atoms with Gasteiger partial charge in [-0.1, -0.05) is 29.8 Å². The topological polar surface area (TPSA) is 56.2 Å². The molecular weight excluding hydrogens is 292 g/mol. The Hall–Kier alpha value is -2.66. The SMILES string of the molecule is Cc1ccc(-c2csc3nc(-c4ccncc4)c(N)n23)cc1. The van der Waals surface area contributed by atoms with Gasteiger partial charge in [0.2, 0.25) is 0 Å². The summed E-state index contributed by atoms with van der Waals surface area (Å²) in [6, 6.07) is 12.3. The first kappa shape index (κ1) is 13.0. The van der Waals surface area contributed by atoms with Gasteiger partial charge in [-0.2, -0.15) is 0 Å². The van der Waals surface area contributed by atoms with E-state index in [2.05, 4.69) is 46.5 Å². The molecule has 5 heteroatoms. The number of thiazole rings is 1. The van der Waals surface area contributed by atoms with Crippen LogP contribution in [0.4, 0.5) is 5.82 Å². The molecule has 0 bridgehead atoms. The quantitative estimate of drug-likeness (QED) is 0.608. The molecule has 22 heavy (non-hydrogen) atoms. The number of nitrogens with two attached hydrogens (primary N) is 1. The van der Waals surface area contributed by atoms with E-state index in [0.29, 0.717) is 5.82 Å². The molecule has 3 heterocycles. The lowest BCUT2D eigenvalue weighted by atomic mass is 10.1. The Morgan fingerprint density at radius 2 is 1.73 bits per heavy atom. The highest BCUT2D eigenvalue weighted by molar-refractivity contribution is 7.15. The van der Waals surface area contributed by atoms with Crippen molar-refractivity contribution in [1.29, 1.82) is 0 Å². The van der Waals surface area contributed by atoms with Crippen LogP contribution in [0.15, 0.2) is 54.2 Å². The first-order valence-corrected chi connectivity index (χ1v) is 7.85. The molecule has 0 saturated carbocycles. The Bertz CT molecular complexity index is 936. The van der Waals surface area contributed by atoms with Crippen molar-refractivity contribution in [3.8, 4) is 22.5 Å². The number of imidazole rings is 1. The summed E-state index contributed by atoms with van der Waals surface area (Å²) in [5.41, 5.74) is 11.6. The van der Waals surface area contributed by atoms with Crippen LogP contribution in [0.2, 0.25) is 0 Å². The van der Waals surface area contributed by atoms with Crippen molar-refractivity contribution < 1.29 is 0 Å². The van der Waals surface area contributed by atoms with Crippen molar-refractivity contribution in [3.05, 3.63) is 59.7 Å². The first-order chi connectivity index (χ1) is 10.7. The average Bonchev–Trinajstić information content (AvgIpc) is 3.10. The number of aryl methyl sites for hydroxylation is 1. The van der Waals surface area contributed by atoms with Crippen LogP contribution < -0.4 is 5.73 Å². The second-order valence-electron chi connectivity index (χ2n) is 5.19. The van der Waals surface area contributed by atoms with Gasteiger partial charge in [-0.3, -0.25) is 9.38 Å². The zero-order valence-corrected chi connectivity index (χ0v) is 12.8. The minimum atomic E-state index is 0.665. The molecule has 4 aromatic rings. The smallest absolute Gasteiger partial charge is 0.196 e. The molecule has 0 atom stereocenters. The van der Waals surface area contributed by atoms with E-state index < -0.39 is 0 Å². The molecule has 4 nitrogen and oxygen atoms in total. The number of hydrogen-bond donors (Lipinski definition) is 1. The van der Waals surface area contributed by atoms with Crippen LogP contribution in [0.25, 0.3) is 27.5 Å². The molecule has 0 fully saturated rings. The van der Waals surface area contributed by atoms with Crippen LogP contribution >= 0.6 is 11.3 Å². The summed E-state index contributed by atoms with van der Waals surface area (Å²) in [7, 11) is 0. The van der Waals surface area contributed by atoms with E-state index in [4.69, 9.17) is 5.73 Å². The number of hydrogen-bond acceptors (Lipinski definition) is 4. The van der Waals surface area contributed by atoms with E-state index >= 15 is 0 Å². The van der Waals surface area contributed by atoms with Crippen LogP contribution in [0, 0.1) is 6.92 Å². The lowest BCUT2D eigenvalue weighted by Crippen LogP contribution is -1.95. The first-order valence-electron chi connectivity index (χ1n) is 6.97. The number of benzene rings is 1. The maximum Gasteiger partial charge on any atom is 0.196 e. The summed E-state index contributed by atoms with van der Waals surface area (Å²) >= 11 is 1.60. The van der Waals surface area contributed by atoms with Crippen molar-refractivity contribution in [2.45, 2.75) is 6.92 Å². The zero-order valence-electron chi connectivity index (χ0n) is 12.0. The number of nitrogens with zero attached hydrogens (tertiary/aromatic N) is 3. The van der Waals surface area contributed by atoms with Gasteiger partial charge >= 0.3 is 0 Å². The fraction of sp³-hybridized carbons (Fsp3) is 0.0588. The molecule has 4 rings (SSSR count). The van der Waals surface area contributed by atoms with Gasteiger partial charge in [-0.15, -0.1) is 11.3 Å². The van der Waals surface area contributed by atoms with E-state index in [9.17, 15) is 0 Å². The predicted octanol–water partition coefficient (Wildman–Crippen LogP) is 4.02. The lowest BCUT2D eigenvalue weighted by Gasteiger charge is -2.03. The lowest BCUT2D eigenvalue weighted by molar-refractivity contribution is 1.24. The Morgan fingerprint density at radius 1 is 1.00 bits per heavy atom. The summed E-state index contributed by atoms with van der Waals surface area (Å²) in [5, 5.41) is 2.10. The van der Waals surface area contributed by atoms with Gasteiger partial charge in [-0.25, -0.2) is 4.98 Å². The second-order valence-corrected chi connectivity index (χ2v) is 6.02. The molecule has 0 radical (unpaired) electrons. The minimum absolute atomic E-state index is 0.665. The average molecular weight is 306 g/mol. The van der Waals surface area contributed by atoms with Crippen molar-refractivity contribution in [2.24, 2.45) is 0 Å². The van der Waals surface area contributed by atoms with E-state index in [1.54, 1.807) is 23.7 Å². The molecule has 0 unspecified atom stereocenters.